The number of aryl methyl sites for hydroxylation is 2. The van der Waals surface area contributed by atoms with Crippen molar-refractivity contribution in [3.63, 3.8) is 0 Å². The number of pyridine rings is 1. The van der Waals surface area contributed by atoms with Crippen LogP contribution in [0.3, 0.4) is 0 Å². The first-order valence-corrected chi connectivity index (χ1v) is 6.13. The smallest absolute Gasteiger partial charge is 0.354 e. The van der Waals surface area contributed by atoms with E-state index < -0.39 is 5.63 Å². The highest BCUT2D eigenvalue weighted by molar-refractivity contribution is 5.96. The number of rotatable bonds is 1. The zero-order valence-corrected chi connectivity index (χ0v) is 10.7. The van der Waals surface area contributed by atoms with Gasteiger partial charge in [-0.1, -0.05) is 13.0 Å². The normalized spacial score (nSPS) is 11.0. The number of hydrogen-bond acceptors (Lipinski definition) is 3. The van der Waals surface area contributed by atoms with E-state index >= 15 is 0 Å². The number of aromatic nitrogens is 1. The molecule has 0 unspecified atom stereocenters. The second-order valence-corrected chi connectivity index (χ2v) is 4.56. The molecule has 0 atom stereocenters. The minimum Gasteiger partial charge on any atom is -0.420 e. The molecule has 0 radical (unpaired) electrons. The van der Waals surface area contributed by atoms with E-state index in [4.69, 9.17) is 9.68 Å². The van der Waals surface area contributed by atoms with Crippen molar-refractivity contribution in [2.75, 3.05) is 0 Å². The van der Waals surface area contributed by atoms with Crippen molar-refractivity contribution in [1.82, 2.24) is 4.40 Å². The third kappa shape index (κ3) is 1.55. The van der Waals surface area contributed by atoms with Gasteiger partial charge in [0.15, 0.2) is 5.58 Å². The summed E-state index contributed by atoms with van der Waals surface area (Å²) < 4.78 is 7.36. The molecule has 0 aliphatic rings. The summed E-state index contributed by atoms with van der Waals surface area (Å²) in [7, 11) is 0. The van der Waals surface area contributed by atoms with Gasteiger partial charge in [0.2, 0.25) is 0 Å². The third-order valence-electron chi connectivity index (χ3n) is 3.33. The summed E-state index contributed by atoms with van der Waals surface area (Å²) in [6.07, 6.45) is 2.77. The van der Waals surface area contributed by atoms with Crippen LogP contribution in [0.15, 0.2) is 33.6 Å². The lowest BCUT2D eigenvalue weighted by Crippen LogP contribution is -2.02. The Labute approximate surface area is 109 Å². The molecule has 0 saturated heterocycles. The monoisotopic (exact) mass is 252 g/mol. The molecule has 0 N–H and O–H groups in total. The van der Waals surface area contributed by atoms with E-state index in [9.17, 15) is 4.79 Å². The minimum absolute atomic E-state index is 0.0447. The quantitative estimate of drug-likeness (QED) is 0.669. The van der Waals surface area contributed by atoms with Crippen molar-refractivity contribution in [1.29, 1.82) is 5.26 Å². The first-order valence-electron chi connectivity index (χ1n) is 6.13. The van der Waals surface area contributed by atoms with Crippen LogP contribution in [-0.4, -0.2) is 4.40 Å². The van der Waals surface area contributed by atoms with Crippen LogP contribution in [0.5, 0.6) is 0 Å². The molecule has 0 bridgehead atoms. The Bertz CT molecular complexity index is 894. The topological polar surface area (TPSA) is 58.4 Å². The SMILES string of the molecule is CCc1c2oc(=O)c(C#N)cc2c2ccc(C)cn12. The van der Waals surface area contributed by atoms with Crippen LogP contribution < -0.4 is 5.63 Å². The molecule has 3 heterocycles. The summed E-state index contributed by atoms with van der Waals surface area (Å²) in [5.74, 6) is 0. The fourth-order valence-corrected chi connectivity index (χ4v) is 2.44. The van der Waals surface area contributed by atoms with Gasteiger partial charge in [0.25, 0.3) is 0 Å². The lowest BCUT2D eigenvalue weighted by Gasteiger charge is -2.00. The lowest BCUT2D eigenvalue weighted by molar-refractivity contribution is 0.554. The zero-order valence-electron chi connectivity index (χ0n) is 10.7. The first kappa shape index (κ1) is 11.5. The van der Waals surface area contributed by atoms with Gasteiger partial charge in [-0.25, -0.2) is 4.79 Å². The summed E-state index contributed by atoms with van der Waals surface area (Å²) in [5, 5.41) is 9.75. The van der Waals surface area contributed by atoms with E-state index in [2.05, 4.69) is 0 Å². The van der Waals surface area contributed by atoms with Gasteiger partial charge < -0.3 is 8.82 Å². The standard InChI is InChI=1S/C15H12N2O2/c1-3-12-14-11(6-10(7-16)15(18)19-14)13-5-4-9(2)8-17(12)13/h4-6,8H,3H2,1-2H3. The molecule has 0 aliphatic carbocycles. The molecule has 3 aromatic heterocycles. The number of nitriles is 1. The second kappa shape index (κ2) is 3.99. The summed E-state index contributed by atoms with van der Waals surface area (Å²) in [4.78, 5) is 11.7. The molecule has 0 aromatic carbocycles. The molecule has 0 amide bonds. The fraction of sp³-hybridized carbons (Fsp3) is 0.200. The van der Waals surface area contributed by atoms with E-state index in [1.54, 1.807) is 6.07 Å². The second-order valence-electron chi connectivity index (χ2n) is 4.56. The third-order valence-corrected chi connectivity index (χ3v) is 3.33. The molecule has 4 nitrogen and oxygen atoms in total. The Kier molecular flexibility index (Phi) is 2.42. The Morgan fingerprint density at radius 3 is 2.89 bits per heavy atom. The molecule has 94 valence electrons. The highest BCUT2D eigenvalue weighted by Gasteiger charge is 2.15. The maximum absolute atomic E-state index is 11.7. The largest absolute Gasteiger partial charge is 0.420 e. The molecule has 19 heavy (non-hydrogen) atoms. The summed E-state index contributed by atoms with van der Waals surface area (Å²) in [5.41, 5.74) is 3.09. The van der Waals surface area contributed by atoms with Gasteiger partial charge in [-0.2, -0.15) is 5.26 Å². The zero-order chi connectivity index (χ0) is 13.6. The average molecular weight is 252 g/mol. The van der Waals surface area contributed by atoms with Gasteiger partial charge in [0.1, 0.15) is 11.6 Å². The van der Waals surface area contributed by atoms with Crippen LogP contribution in [-0.2, 0) is 6.42 Å². The van der Waals surface area contributed by atoms with Gasteiger partial charge in [0.05, 0.1) is 11.2 Å². The molecule has 0 spiro atoms. The van der Waals surface area contributed by atoms with Crippen molar-refractivity contribution in [3.05, 3.63) is 51.6 Å². The Balaban J connectivity index is 2.60. The van der Waals surface area contributed by atoms with Crippen molar-refractivity contribution in [2.24, 2.45) is 0 Å². The maximum atomic E-state index is 11.7. The summed E-state index contributed by atoms with van der Waals surface area (Å²) in [6.45, 7) is 4.03. The number of fused-ring (bicyclic) bond motifs is 3. The van der Waals surface area contributed by atoms with Crippen LogP contribution in [0.4, 0.5) is 0 Å². The lowest BCUT2D eigenvalue weighted by atomic mass is 10.2. The maximum Gasteiger partial charge on any atom is 0.354 e. The van der Waals surface area contributed by atoms with E-state index in [1.807, 2.05) is 42.6 Å². The van der Waals surface area contributed by atoms with Gasteiger partial charge in [-0.05, 0) is 31.0 Å². The van der Waals surface area contributed by atoms with Crippen LogP contribution >= 0.6 is 0 Å². The van der Waals surface area contributed by atoms with Crippen LogP contribution in [0.1, 0.15) is 23.7 Å². The highest BCUT2D eigenvalue weighted by atomic mass is 16.4. The predicted molar refractivity (Wildman–Crippen MR) is 72.3 cm³/mol. The van der Waals surface area contributed by atoms with Crippen LogP contribution in [0.25, 0.3) is 16.5 Å². The van der Waals surface area contributed by atoms with Crippen molar-refractivity contribution >= 4 is 16.5 Å². The van der Waals surface area contributed by atoms with Crippen molar-refractivity contribution < 1.29 is 4.42 Å². The number of nitrogens with zero attached hydrogens (tertiary/aromatic N) is 2. The van der Waals surface area contributed by atoms with E-state index in [0.717, 1.165) is 28.6 Å². The molecule has 4 heteroatoms. The van der Waals surface area contributed by atoms with E-state index in [1.165, 1.54) is 0 Å². The Hall–Kier alpha value is -2.54. The van der Waals surface area contributed by atoms with Gasteiger partial charge in [-0.3, -0.25) is 0 Å². The molecular weight excluding hydrogens is 240 g/mol. The molecule has 3 aromatic rings. The molecular formula is C15H12N2O2. The van der Waals surface area contributed by atoms with Gasteiger partial charge in [0, 0.05) is 11.6 Å². The average Bonchev–Trinajstić information content (AvgIpc) is 2.69. The summed E-state index contributed by atoms with van der Waals surface area (Å²) in [6, 6.07) is 7.48. The van der Waals surface area contributed by atoms with E-state index in [0.29, 0.717) is 5.58 Å². The van der Waals surface area contributed by atoms with Gasteiger partial charge in [-0.15, -0.1) is 0 Å². The first-order chi connectivity index (χ1) is 9.15. The van der Waals surface area contributed by atoms with Crippen molar-refractivity contribution in [2.45, 2.75) is 20.3 Å². The van der Waals surface area contributed by atoms with Crippen LogP contribution in [0, 0.1) is 18.3 Å². The highest BCUT2D eigenvalue weighted by Crippen LogP contribution is 2.27. The molecule has 0 aliphatic heterocycles. The predicted octanol–water partition coefficient (Wildman–Crippen LogP) is 2.79. The number of hydrogen-bond donors (Lipinski definition) is 0. The van der Waals surface area contributed by atoms with Crippen LogP contribution in [0.2, 0.25) is 0 Å². The van der Waals surface area contributed by atoms with Crippen molar-refractivity contribution in [3.8, 4) is 6.07 Å². The Morgan fingerprint density at radius 1 is 1.42 bits per heavy atom. The van der Waals surface area contributed by atoms with E-state index in [-0.39, 0.29) is 5.56 Å². The molecule has 3 rings (SSSR count). The Morgan fingerprint density at radius 2 is 2.21 bits per heavy atom. The van der Waals surface area contributed by atoms with Gasteiger partial charge >= 0.3 is 5.63 Å². The molecule has 0 fully saturated rings. The molecule has 0 saturated carbocycles. The fourth-order valence-electron chi connectivity index (χ4n) is 2.44. The minimum atomic E-state index is -0.572. The summed E-state index contributed by atoms with van der Waals surface area (Å²) >= 11 is 0.